The molecule has 0 saturated heterocycles. The molecule has 2 aromatic heterocycles. The maximum absolute atomic E-state index is 12.0. The number of nitrogens with zero attached hydrogens (tertiary/aromatic N) is 2. The molecule has 0 aliphatic rings. The summed E-state index contributed by atoms with van der Waals surface area (Å²) in [7, 11) is 1.72. The second-order valence-corrected chi connectivity index (χ2v) is 6.74. The molecule has 1 atom stereocenters. The van der Waals surface area contributed by atoms with E-state index in [9.17, 15) is 4.79 Å². The lowest BCUT2D eigenvalue weighted by Crippen LogP contribution is -2.40. The van der Waals surface area contributed by atoms with Crippen molar-refractivity contribution >= 4 is 53.0 Å². The Hall–Kier alpha value is -1.68. The number of hydrogen-bond donors (Lipinski definition) is 3. The van der Waals surface area contributed by atoms with E-state index < -0.39 is 0 Å². The number of carbonyl (C=O) groups excluding carboxylic acids is 1. The van der Waals surface area contributed by atoms with E-state index in [0.717, 1.165) is 12.2 Å². The fraction of sp³-hybridized carbons (Fsp3) is 0.389. The van der Waals surface area contributed by atoms with E-state index >= 15 is 0 Å². The van der Waals surface area contributed by atoms with Crippen molar-refractivity contribution in [3.63, 3.8) is 0 Å². The largest absolute Gasteiger partial charge is 0.356 e. The average Bonchev–Trinajstić information content (AvgIpc) is 3.12. The number of halogens is 1. The minimum atomic E-state index is -0.0759. The van der Waals surface area contributed by atoms with E-state index in [1.807, 2.05) is 19.1 Å². The Morgan fingerprint density at radius 3 is 2.73 bits per heavy atom. The Kier molecular flexibility index (Phi) is 10.2. The Balaban J connectivity index is 0.00000338. The van der Waals surface area contributed by atoms with Crippen LogP contribution in [0.15, 0.2) is 40.7 Å². The van der Waals surface area contributed by atoms with Crippen molar-refractivity contribution < 1.29 is 4.79 Å². The highest BCUT2D eigenvalue weighted by molar-refractivity contribution is 14.0. The molecule has 8 heteroatoms. The first kappa shape index (κ1) is 22.4. The molecule has 0 spiro atoms. The van der Waals surface area contributed by atoms with Crippen LogP contribution in [-0.2, 0) is 4.79 Å². The van der Waals surface area contributed by atoms with Gasteiger partial charge in [-0.2, -0.15) is 0 Å². The van der Waals surface area contributed by atoms with Gasteiger partial charge in [0, 0.05) is 43.0 Å². The van der Waals surface area contributed by atoms with Crippen molar-refractivity contribution in [1.29, 1.82) is 0 Å². The van der Waals surface area contributed by atoms with E-state index in [1.54, 1.807) is 24.5 Å². The summed E-state index contributed by atoms with van der Waals surface area (Å²) < 4.78 is 0. The molecule has 2 aromatic rings. The van der Waals surface area contributed by atoms with Gasteiger partial charge in [-0.25, -0.2) is 4.98 Å². The van der Waals surface area contributed by atoms with E-state index in [4.69, 9.17) is 0 Å². The Bertz CT molecular complexity index is 705. The van der Waals surface area contributed by atoms with Gasteiger partial charge in [0.25, 0.3) is 0 Å². The first-order valence-corrected chi connectivity index (χ1v) is 9.18. The lowest BCUT2D eigenvalue weighted by Gasteiger charge is -2.15. The number of pyridine rings is 1. The van der Waals surface area contributed by atoms with Crippen LogP contribution in [-0.4, -0.2) is 37.0 Å². The molecule has 0 fully saturated rings. The molecule has 1 unspecified atom stereocenters. The molecule has 26 heavy (non-hydrogen) atoms. The summed E-state index contributed by atoms with van der Waals surface area (Å²) in [5.74, 6) is 1.62. The topological polar surface area (TPSA) is 78.4 Å². The second kappa shape index (κ2) is 11.8. The second-order valence-electron chi connectivity index (χ2n) is 5.76. The summed E-state index contributed by atoms with van der Waals surface area (Å²) in [6, 6.07) is 9.74. The van der Waals surface area contributed by atoms with Gasteiger partial charge in [0.15, 0.2) is 5.96 Å². The molecule has 142 valence electrons. The smallest absolute Gasteiger partial charge is 0.227 e. The highest BCUT2D eigenvalue weighted by Gasteiger charge is 2.08. The van der Waals surface area contributed by atoms with Crippen LogP contribution in [0.2, 0.25) is 0 Å². The van der Waals surface area contributed by atoms with Crippen LogP contribution >= 0.6 is 35.3 Å². The highest BCUT2D eigenvalue weighted by Crippen LogP contribution is 2.19. The van der Waals surface area contributed by atoms with Crippen molar-refractivity contribution in [2.75, 3.05) is 25.5 Å². The molecule has 0 aliphatic heterocycles. The summed E-state index contributed by atoms with van der Waals surface area (Å²) in [4.78, 5) is 21.8. The van der Waals surface area contributed by atoms with Gasteiger partial charge in [0.2, 0.25) is 5.91 Å². The van der Waals surface area contributed by atoms with Crippen LogP contribution in [0.3, 0.4) is 0 Å². The molecule has 3 N–H and O–H groups in total. The number of rotatable bonds is 7. The van der Waals surface area contributed by atoms with E-state index in [0.29, 0.717) is 30.7 Å². The van der Waals surface area contributed by atoms with E-state index in [2.05, 4.69) is 50.4 Å². The SMILES string of the molecule is CN=C(NCCC(=O)Nc1cccc(C)n1)NCC(C)c1cccs1.I. The third-order valence-corrected chi connectivity index (χ3v) is 4.73. The van der Waals surface area contributed by atoms with Gasteiger partial charge in [0.1, 0.15) is 5.82 Å². The quantitative estimate of drug-likeness (QED) is 0.318. The number of guanidine groups is 1. The molecule has 0 radical (unpaired) electrons. The third kappa shape index (κ3) is 7.69. The monoisotopic (exact) mass is 487 g/mol. The minimum Gasteiger partial charge on any atom is -0.356 e. The normalized spacial score (nSPS) is 12.0. The lowest BCUT2D eigenvalue weighted by molar-refractivity contribution is -0.116. The summed E-state index contributed by atoms with van der Waals surface area (Å²) in [5, 5.41) is 11.3. The molecule has 1 amide bonds. The Morgan fingerprint density at radius 2 is 2.08 bits per heavy atom. The summed E-state index contributed by atoms with van der Waals surface area (Å²) in [6.45, 7) is 5.36. The molecule has 2 rings (SSSR count). The molecular formula is C18H26IN5OS. The van der Waals surface area contributed by atoms with Gasteiger partial charge >= 0.3 is 0 Å². The van der Waals surface area contributed by atoms with Gasteiger partial charge in [-0.05, 0) is 30.5 Å². The molecule has 0 aromatic carbocycles. The van der Waals surface area contributed by atoms with Crippen LogP contribution in [0.1, 0.15) is 29.8 Å². The first-order chi connectivity index (χ1) is 12.1. The van der Waals surface area contributed by atoms with Gasteiger partial charge < -0.3 is 16.0 Å². The Morgan fingerprint density at radius 1 is 1.27 bits per heavy atom. The van der Waals surface area contributed by atoms with Crippen molar-refractivity contribution in [2.24, 2.45) is 4.99 Å². The van der Waals surface area contributed by atoms with Gasteiger partial charge in [-0.3, -0.25) is 9.79 Å². The fourth-order valence-corrected chi connectivity index (χ4v) is 3.04. The van der Waals surface area contributed by atoms with Gasteiger partial charge in [-0.1, -0.05) is 19.1 Å². The molecule has 0 bridgehead atoms. The highest BCUT2D eigenvalue weighted by atomic mass is 127. The Labute approximate surface area is 175 Å². The first-order valence-electron chi connectivity index (χ1n) is 8.30. The van der Waals surface area contributed by atoms with Gasteiger partial charge in [0.05, 0.1) is 0 Å². The number of aliphatic imine (C=N–C) groups is 1. The molecule has 2 heterocycles. The minimum absolute atomic E-state index is 0. The fourth-order valence-electron chi connectivity index (χ4n) is 2.26. The summed E-state index contributed by atoms with van der Waals surface area (Å²) >= 11 is 1.75. The number of carbonyl (C=O) groups is 1. The molecular weight excluding hydrogens is 461 g/mol. The van der Waals surface area contributed by atoms with Crippen molar-refractivity contribution in [3.8, 4) is 0 Å². The predicted molar refractivity (Wildman–Crippen MR) is 120 cm³/mol. The maximum Gasteiger partial charge on any atom is 0.227 e. The van der Waals surface area contributed by atoms with Crippen LogP contribution in [0.5, 0.6) is 0 Å². The van der Waals surface area contributed by atoms with Crippen LogP contribution in [0.4, 0.5) is 5.82 Å². The number of anilines is 1. The zero-order valence-electron chi connectivity index (χ0n) is 15.3. The zero-order chi connectivity index (χ0) is 18.1. The van der Waals surface area contributed by atoms with Crippen LogP contribution in [0, 0.1) is 6.92 Å². The number of aryl methyl sites for hydroxylation is 1. The van der Waals surface area contributed by atoms with Crippen LogP contribution in [0.25, 0.3) is 0 Å². The van der Waals surface area contributed by atoms with Crippen molar-refractivity contribution in [3.05, 3.63) is 46.3 Å². The number of hydrogen-bond acceptors (Lipinski definition) is 4. The number of amides is 1. The number of nitrogens with one attached hydrogen (secondary N) is 3. The number of aromatic nitrogens is 1. The number of thiophene rings is 1. The third-order valence-electron chi connectivity index (χ3n) is 3.63. The van der Waals surface area contributed by atoms with E-state index in [1.165, 1.54) is 4.88 Å². The average molecular weight is 487 g/mol. The van der Waals surface area contributed by atoms with Crippen molar-refractivity contribution in [2.45, 2.75) is 26.2 Å². The van der Waals surface area contributed by atoms with E-state index in [-0.39, 0.29) is 29.9 Å². The molecule has 6 nitrogen and oxygen atoms in total. The maximum atomic E-state index is 12.0. The lowest BCUT2D eigenvalue weighted by atomic mass is 10.1. The summed E-state index contributed by atoms with van der Waals surface area (Å²) in [6.07, 6.45) is 0.344. The standard InChI is InChI=1S/C18H25N5OS.HI/c1-13(15-7-5-11-25-15)12-21-18(19-3)20-10-9-17(24)23-16-8-4-6-14(2)22-16;/h4-8,11,13H,9-10,12H2,1-3H3,(H2,19,20,21)(H,22,23,24);1H. The van der Waals surface area contributed by atoms with Crippen molar-refractivity contribution in [1.82, 2.24) is 15.6 Å². The van der Waals surface area contributed by atoms with Gasteiger partial charge in [-0.15, -0.1) is 35.3 Å². The molecule has 0 aliphatic carbocycles. The summed E-state index contributed by atoms with van der Waals surface area (Å²) in [5.41, 5.74) is 0.875. The van der Waals surface area contributed by atoms with Crippen LogP contribution < -0.4 is 16.0 Å². The zero-order valence-corrected chi connectivity index (χ0v) is 18.4. The molecule has 0 saturated carbocycles. The predicted octanol–water partition coefficient (Wildman–Crippen LogP) is 3.37.